The van der Waals surface area contributed by atoms with E-state index in [-0.39, 0.29) is 16.7 Å². The molecule has 2 fully saturated rings. The van der Waals surface area contributed by atoms with Crippen molar-refractivity contribution in [1.82, 2.24) is 0 Å². The molecule has 0 amide bonds. The number of aliphatic hydroxyl groups is 1. The smallest absolute Gasteiger partial charge is 0.145 e. The van der Waals surface area contributed by atoms with E-state index in [1.165, 1.54) is 0 Å². The largest absolute Gasteiger partial charge is 0.389 e. The maximum absolute atomic E-state index is 12.5. The van der Waals surface area contributed by atoms with E-state index < -0.39 is 5.60 Å². The van der Waals surface area contributed by atoms with Gasteiger partial charge in [0.25, 0.3) is 0 Å². The maximum atomic E-state index is 12.5. The van der Waals surface area contributed by atoms with Crippen molar-refractivity contribution in [3.63, 3.8) is 0 Å². The molecule has 0 radical (unpaired) electrons. The van der Waals surface area contributed by atoms with E-state index in [2.05, 4.69) is 20.8 Å². The first-order chi connectivity index (χ1) is 7.18. The summed E-state index contributed by atoms with van der Waals surface area (Å²) in [4.78, 5) is 12.5. The zero-order valence-electron chi connectivity index (χ0n) is 11.1. The molecule has 4 atom stereocenters. The Bertz CT molecular complexity index is 330. The van der Waals surface area contributed by atoms with Gasteiger partial charge in [-0.15, -0.1) is 0 Å². The van der Waals surface area contributed by atoms with E-state index in [0.29, 0.717) is 18.1 Å². The van der Waals surface area contributed by atoms with Gasteiger partial charge in [0.15, 0.2) is 0 Å². The van der Waals surface area contributed by atoms with Gasteiger partial charge in [0.05, 0.1) is 11.5 Å². The van der Waals surface area contributed by atoms with Crippen LogP contribution in [-0.4, -0.2) is 16.5 Å². The lowest BCUT2D eigenvalue weighted by molar-refractivity contribution is -0.139. The molecule has 1 N–H and O–H groups in total. The molecule has 16 heavy (non-hydrogen) atoms. The van der Waals surface area contributed by atoms with E-state index in [1.54, 1.807) is 0 Å². The van der Waals surface area contributed by atoms with Gasteiger partial charge >= 0.3 is 0 Å². The lowest BCUT2D eigenvalue weighted by atomic mass is 9.70. The van der Waals surface area contributed by atoms with Crippen molar-refractivity contribution in [2.75, 3.05) is 0 Å². The number of fused-ring (bicyclic) bond motifs is 2. The number of rotatable bonds is 2. The van der Waals surface area contributed by atoms with Crippen molar-refractivity contribution in [3.05, 3.63) is 0 Å². The second-order valence-corrected chi connectivity index (χ2v) is 6.75. The van der Waals surface area contributed by atoms with E-state index in [0.717, 1.165) is 12.8 Å². The number of carbonyl (C=O) groups excluding carboxylic acids is 1. The number of hydrogen-bond acceptors (Lipinski definition) is 2. The van der Waals surface area contributed by atoms with Crippen LogP contribution in [0.3, 0.4) is 0 Å². The van der Waals surface area contributed by atoms with Gasteiger partial charge in [0, 0.05) is 5.41 Å². The highest BCUT2D eigenvalue weighted by atomic mass is 16.3. The Kier molecular flexibility index (Phi) is 2.34. The predicted molar refractivity (Wildman–Crippen MR) is 64.0 cm³/mol. The molecular weight excluding hydrogens is 200 g/mol. The molecule has 2 bridgehead atoms. The Morgan fingerprint density at radius 3 is 2.38 bits per heavy atom. The summed E-state index contributed by atoms with van der Waals surface area (Å²) in [5.74, 6) is 0.520. The average molecular weight is 224 g/mol. The zero-order valence-corrected chi connectivity index (χ0v) is 11.1. The Morgan fingerprint density at radius 1 is 1.44 bits per heavy atom. The number of hydrogen-bond donors (Lipinski definition) is 1. The summed E-state index contributed by atoms with van der Waals surface area (Å²) in [6, 6.07) is 0. The Morgan fingerprint density at radius 2 is 2.00 bits per heavy atom. The molecule has 2 rings (SSSR count). The molecule has 0 heterocycles. The molecule has 2 saturated carbocycles. The van der Waals surface area contributed by atoms with E-state index in [1.807, 2.05) is 13.8 Å². The van der Waals surface area contributed by atoms with Crippen LogP contribution < -0.4 is 0 Å². The molecule has 0 saturated heterocycles. The molecule has 4 unspecified atom stereocenters. The third-order valence-corrected chi connectivity index (χ3v) is 5.92. The van der Waals surface area contributed by atoms with Gasteiger partial charge in [-0.2, -0.15) is 0 Å². The van der Waals surface area contributed by atoms with Crippen LogP contribution in [0.1, 0.15) is 53.9 Å². The molecule has 0 spiro atoms. The molecule has 0 aromatic rings. The second kappa shape index (κ2) is 3.10. The third-order valence-electron chi connectivity index (χ3n) is 5.92. The third kappa shape index (κ3) is 1.14. The standard InChI is InChI=1S/C14H24O2/c1-6-14(5,16)10-9-7-8-13(4,11(10)15)12(9,2)3/h9-10,16H,6-8H2,1-5H3. The van der Waals surface area contributed by atoms with Gasteiger partial charge in [-0.05, 0) is 37.5 Å². The molecule has 0 aromatic carbocycles. The summed E-state index contributed by atoms with van der Waals surface area (Å²) in [7, 11) is 0. The monoisotopic (exact) mass is 224 g/mol. The van der Waals surface area contributed by atoms with E-state index in [9.17, 15) is 9.90 Å². The van der Waals surface area contributed by atoms with Crippen LogP contribution in [0.2, 0.25) is 0 Å². The lowest BCUT2D eigenvalue weighted by Gasteiger charge is -2.35. The minimum Gasteiger partial charge on any atom is -0.389 e. The van der Waals surface area contributed by atoms with E-state index >= 15 is 0 Å². The van der Waals surface area contributed by atoms with Crippen LogP contribution in [0, 0.1) is 22.7 Å². The van der Waals surface area contributed by atoms with Crippen molar-refractivity contribution in [1.29, 1.82) is 0 Å². The SMILES string of the molecule is CCC(C)(O)C1C(=O)C2(C)CCC1C2(C)C. The van der Waals surface area contributed by atoms with Gasteiger partial charge in [-0.25, -0.2) is 0 Å². The van der Waals surface area contributed by atoms with Gasteiger partial charge in [-0.1, -0.05) is 27.7 Å². The summed E-state index contributed by atoms with van der Waals surface area (Å²) in [6.45, 7) is 10.3. The first-order valence-electron chi connectivity index (χ1n) is 6.45. The Hall–Kier alpha value is -0.370. The van der Waals surface area contributed by atoms with Crippen LogP contribution in [0.5, 0.6) is 0 Å². The molecule has 0 aromatic heterocycles. The van der Waals surface area contributed by atoms with Crippen LogP contribution in [0.4, 0.5) is 0 Å². The Balaban J connectivity index is 2.45. The normalized spacial score (nSPS) is 44.8. The van der Waals surface area contributed by atoms with Crippen LogP contribution in [0.25, 0.3) is 0 Å². The summed E-state index contributed by atoms with van der Waals surface area (Å²) in [5.41, 5.74) is -0.980. The van der Waals surface area contributed by atoms with Crippen molar-refractivity contribution < 1.29 is 9.90 Å². The summed E-state index contributed by atoms with van der Waals surface area (Å²) in [5, 5.41) is 10.4. The minimum atomic E-state index is -0.822. The Labute approximate surface area is 98.4 Å². The first kappa shape index (κ1) is 12.1. The fourth-order valence-corrected chi connectivity index (χ4v) is 4.02. The average Bonchev–Trinajstić information content (AvgIpc) is 2.49. The highest BCUT2D eigenvalue weighted by molar-refractivity contribution is 5.92. The van der Waals surface area contributed by atoms with Crippen molar-refractivity contribution in [3.8, 4) is 0 Å². The number of carbonyl (C=O) groups is 1. The predicted octanol–water partition coefficient (Wildman–Crippen LogP) is 2.79. The van der Waals surface area contributed by atoms with Gasteiger partial charge < -0.3 is 5.11 Å². The molecule has 2 nitrogen and oxygen atoms in total. The summed E-state index contributed by atoms with van der Waals surface area (Å²) >= 11 is 0. The van der Waals surface area contributed by atoms with Crippen molar-refractivity contribution in [2.24, 2.45) is 22.7 Å². The van der Waals surface area contributed by atoms with E-state index in [4.69, 9.17) is 0 Å². The highest BCUT2D eigenvalue weighted by Gasteiger charge is 2.68. The van der Waals surface area contributed by atoms with Crippen molar-refractivity contribution in [2.45, 2.75) is 59.5 Å². The lowest BCUT2D eigenvalue weighted by Crippen LogP contribution is -2.44. The number of Topliss-reactive ketones (excluding diaryl/α,β-unsaturated/α-hetero) is 1. The topological polar surface area (TPSA) is 37.3 Å². The molecule has 2 aliphatic rings. The van der Waals surface area contributed by atoms with Gasteiger partial charge in [0.1, 0.15) is 5.78 Å². The molecule has 2 aliphatic carbocycles. The number of ketones is 1. The molecular formula is C14H24O2. The molecule has 0 aliphatic heterocycles. The fraction of sp³-hybridized carbons (Fsp3) is 0.929. The first-order valence-corrected chi connectivity index (χ1v) is 6.45. The second-order valence-electron chi connectivity index (χ2n) is 6.75. The van der Waals surface area contributed by atoms with Gasteiger partial charge in [0.2, 0.25) is 0 Å². The summed E-state index contributed by atoms with van der Waals surface area (Å²) in [6.07, 6.45) is 2.75. The minimum absolute atomic E-state index is 0.0495. The van der Waals surface area contributed by atoms with Gasteiger partial charge in [-0.3, -0.25) is 4.79 Å². The maximum Gasteiger partial charge on any atom is 0.145 e. The quantitative estimate of drug-likeness (QED) is 0.783. The zero-order chi connectivity index (χ0) is 12.4. The molecule has 92 valence electrons. The van der Waals surface area contributed by atoms with Crippen molar-refractivity contribution >= 4 is 5.78 Å². The van der Waals surface area contributed by atoms with Crippen LogP contribution in [0.15, 0.2) is 0 Å². The summed E-state index contributed by atoms with van der Waals surface area (Å²) < 4.78 is 0. The van der Waals surface area contributed by atoms with Crippen LogP contribution >= 0.6 is 0 Å². The fourth-order valence-electron chi connectivity index (χ4n) is 4.02. The highest BCUT2D eigenvalue weighted by Crippen LogP contribution is 2.67. The van der Waals surface area contributed by atoms with Crippen LogP contribution in [-0.2, 0) is 4.79 Å². The molecule has 2 heteroatoms.